The van der Waals surface area contributed by atoms with E-state index in [0.717, 1.165) is 16.8 Å². The van der Waals surface area contributed by atoms with Gasteiger partial charge in [-0.1, -0.05) is 18.2 Å². The van der Waals surface area contributed by atoms with Crippen LogP contribution < -0.4 is 5.32 Å². The van der Waals surface area contributed by atoms with E-state index in [1.807, 2.05) is 20.0 Å². The minimum Gasteiger partial charge on any atom is -0.364 e. The van der Waals surface area contributed by atoms with Gasteiger partial charge in [0.2, 0.25) is 0 Å². The molecule has 0 saturated carbocycles. The third-order valence-electron chi connectivity index (χ3n) is 1.78. The second kappa shape index (κ2) is 8.12. The van der Waals surface area contributed by atoms with E-state index in [1.165, 1.54) is 0 Å². The van der Waals surface area contributed by atoms with Crippen molar-refractivity contribution < 1.29 is 0 Å². The largest absolute Gasteiger partial charge is 0.364 e. The van der Waals surface area contributed by atoms with Crippen LogP contribution in [0.15, 0.2) is 40.7 Å². The van der Waals surface area contributed by atoms with E-state index < -0.39 is 0 Å². The molecule has 0 aliphatic heterocycles. The van der Waals surface area contributed by atoms with Gasteiger partial charge in [0.15, 0.2) is 0 Å². The topological polar surface area (TPSA) is 48.2 Å². The molecule has 3 heteroatoms. The van der Waals surface area contributed by atoms with Crippen LogP contribution in [-0.2, 0) is 0 Å². The Labute approximate surface area is 104 Å². The number of hydrogen-bond acceptors (Lipinski definition) is 2. The van der Waals surface area contributed by atoms with Gasteiger partial charge in [0, 0.05) is 23.9 Å². The van der Waals surface area contributed by atoms with Crippen LogP contribution in [0, 0.1) is 17.8 Å². The molecule has 2 N–H and O–H groups in total. The second-order valence-corrected chi connectivity index (χ2v) is 3.73. The second-order valence-electron chi connectivity index (χ2n) is 3.73. The molecule has 0 aromatic carbocycles. The van der Waals surface area contributed by atoms with Gasteiger partial charge in [-0.25, -0.2) is 4.99 Å². The third kappa shape index (κ3) is 6.91. The van der Waals surface area contributed by atoms with Crippen LogP contribution in [-0.4, -0.2) is 12.1 Å². The summed E-state index contributed by atoms with van der Waals surface area (Å²) in [5.41, 5.74) is 2.80. The molecule has 0 aromatic heterocycles. The zero-order chi connectivity index (χ0) is 13.3. The van der Waals surface area contributed by atoms with Crippen LogP contribution in [0.4, 0.5) is 0 Å². The molecule has 0 radical (unpaired) electrons. The lowest BCUT2D eigenvalue weighted by Crippen LogP contribution is -2.09. The highest BCUT2D eigenvalue weighted by Gasteiger charge is 1.99. The highest BCUT2D eigenvalue weighted by molar-refractivity contribution is 5.93. The van der Waals surface area contributed by atoms with Crippen LogP contribution >= 0.6 is 0 Å². The number of nitrogens with zero attached hydrogens (tertiary/aromatic N) is 1. The van der Waals surface area contributed by atoms with Crippen molar-refractivity contribution in [3.05, 3.63) is 35.7 Å². The average Bonchev–Trinajstić information content (AvgIpc) is 2.25. The average molecular weight is 229 g/mol. The molecule has 0 aromatic rings. The molecule has 3 nitrogen and oxygen atoms in total. The van der Waals surface area contributed by atoms with E-state index in [1.54, 1.807) is 19.2 Å². The molecule has 0 atom stereocenters. The molecule has 0 amide bonds. The van der Waals surface area contributed by atoms with Gasteiger partial charge >= 0.3 is 0 Å². The maximum absolute atomic E-state index is 7.25. The number of amidine groups is 1. The molecule has 0 aliphatic rings. The lowest BCUT2D eigenvalue weighted by atomic mass is 10.1. The molecule has 0 unspecified atom stereocenters. The van der Waals surface area contributed by atoms with E-state index >= 15 is 0 Å². The minimum atomic E-state index is 0.242. The first kappa shape index (κ1) is 14.9. The number of hydrogen-bond donors (Lipinski definition) is 2. The highest BCUT2D eigenvalue weighted by atomic mass is 14.9. The van der Waals surface area contributed by atoms with Crippen molar-refractivity contribution in [2.75, 3.05) is 0 Å². The monoisotopic (exact) mass is 229 g/mol. The summed E-state index contributed by atoms with van der Waals surface area (Å²) in [6.45, 7) is 9.31. The van der Waals surface area contributed by atoms with Crippen molar-refractivity contribution in [1.29, 1.82) is 5.41 Å². The van der Waals surface area contributed by atoms with E-state index in [9.17, 15) is 0 Å². The summed E-state index contributed by atoms with van der Waals surface area (Å²) in [6, 6.07) is 0. The maximum Gasteiger partial charge on any atom is 0.117 e. The van der Waals surface area contributed by atoms with Crippen molar-refractivity contribution in [1.82, 2.24) is 5.32 Å². The Morgan fingerprint density at radius 2 is 2.12 bits per heavy atom. The van der Waals surface area contributed by atoms with Crippen LogP contribution in [0.5, 0.6) is 0 Å². The number of rotatable bonds is 5. The molecule has 0 aliphatic carbocycles. The van der Waals surface area contributed by atoms with Crippen LogP contribution in [0.2, 0.25) is 0 Å². The van der Waals surface area contributed by atoms with E-state index in [4.69, 9.17) is 11.8 Å². The highest BCUT2D eigenvalue weighted by Crippen LogP contribution is 2.06. The summed E-state index contributed by atoms with van der Waals surface area (Å²) >= 11 is 0. The molecule has 0 bridgehead atoms. The Morgan fingerprint density at radius 1 is 1.47 bits per heavy atom. The van der Waals surface area contributed by atoms with Crippen LogP contribution in [0.25, 0.3) is 0 Å². The fourth-order valence-electron chi connectivity index (χ4n) is 0.990. The van der Waals surface area contributed by atoms with Crippen molar-refractivity contribution in [3.63, 3.8) is 0 Å². The molecule has 0 saturated heterocycles. The van der Waals surface area contributed by atoms with Gasteiger partial charge in [-0.3, -0.25) is 5.41 Å². The van der Waals surface area contributed by atoms with Crippen molar-refractivity contribution in [2.24, 2.45) is 4.99 Å². The number of nitrogens with one attached hydrogen (secondary N) is 2. The fraction of sp³-hybridized carbons (Fsp3) is 0.286. The number of allylic oxidation sites excluding steroid dienone is 4. The Morgan fingerprint density at radius 3 is 2.53 bits per heavy atom. The first-order chi connectivity index (χ1) is 8.01. The molecule has 0 fully saturated rings. The van der Waals surface area contributed by atoms with Crippen LogP contribution in [0.3, 0.4) is 0 Å². The zero-order valence-corrected chi connectivity index (χ0v) is 10.7. The lowest BCUT2D eigenvalue weighted by molar-refractivity contribution is 0.984. The summed E-state index contributed by atoms with van der Waals surface area (Å²) in [4.78, 5) is 3.93. The van der Waals surface area contributed by atoms with Gasteiger partial charge in [-0.05, 0) is 27.0 Å². The van der Waals surface area contributed by atoms with Crippen molar-refractivity contribution in [2.45, 2.75) is 27.2 Å². The van der Waals surface area contributed by atoms with Crippen molar-refractivity contribution >= 4 is 12.1 Å². The molecular formula is C14H19N3. The Balaban J connectivity index is 5.17. The standard InChI is InChI=1S/C14H19N3/c1-6-8-14(17-9-11(3)4)13(7-2)10-16-12(5)15/h1,7,9-10,15,17H,2,8H2,3-5H3. The predicted molar refractivity (Wildman–Crippen MR) is 75.1 cm³/mol. The summed E-state index contributed by atoms with van der Waals surface area (Å²) in [6.07, 6.45) is 10.9. The molecule has 0 rings (SSSR count). The first-order valence-electron chi connectivity index (χ1n) is 5.29. The summed E-state index contributed by atoms with van der Waals surface area (Å²) < 4.78 is 0. The van der Waals surface area contributed by atoms with Gasteiger partial charge in [-0.2, -0.15) is 0 Å². The molecule has 90 valence electrons. The van der Waals surface area contributed by atoms with E-state index in [0.29, 0.717) is 6.42 Å². The van der Waals surface area contributed by atoms with E-state index in [-0.39, 0.29) is 5.84 Å². The Bertz CT molecular complexity index is 413. The number of terminal acetylenes is 1. The SMILES string of the molecule is C#CCC(NC=C(C)C)=C(C=C)C=NC(C)=N. The van der Waals surface area contributed by atoms with Crippen molar-refractivity contribution in [3.8, 4) is 12.3 Å². The summed E-state index contributed by atoms with van der Waals surface area (Å²) in [7, 11) is 0. The van der Waals surface area contributed by atoms with Gasteiger partial charge in [0.1, 0.15) is 5.84 Å². The van der Waals surface area contributed by atoms with Gasteiger partial charge in [0.05, 0.1) is 0 Å². The quantitative estimate of drug-likeness (QED) is 0.324. The minimum absolute atomic E-state index is 0.242. The maximum atomic E-state index is 7.25. The normalized spacial score (nSPS) is 11.4. The van der Waals surface area contributed by atoms with Gasteiger partial charge in [0.25, 0.3) is 0 Å². The Hall–Kier alpha value is -2.08. The van der Waals surface area contributed by atoms with Gasteiger partial charge in [-0.15, -0.1) is 12.3 Å². The predicted octanol–water partition coefficient (Wildman–Crippen LogP) is 3.03. The smallest absolute Gasteiger partial charge is 0.117 e. The van der Waals surface area contributed by atoms with Gasteiger partial charge < -0.3 is 5.32 Å². The number of aliphatic imine (C=N–C) groups is 1. The lowest BCUT2D eigenvalue weighted by Gasteiger charge is -2.07. The molecule has 17 heavy (non-hydrogen) atoms. The summed E-state index contributed by atoms with van der Waals surface area (Å²) in [5.74, 6) is 2.82. The zero-order valence-electron chi connectivity index (χ0n) is 10.7. The Kier molecular flexibility index (Phi) is 7.12. The van der Waals surface area contributed by atoms with Crippen LogP contribution in [0.1, 0.15) is 27.2 Å². The molecule has 0 spiro atoms. The van der Waals surface area contributed by atoms with E-state index in [2.05, 4.69) is 22.8 Å². The first-order valence-corrected chi connectivity index (χ1v) is 5.29. The molecular weight excluding hydrogens is 210 g/mol. The fourth-order valence-corrected chi connectivity index (χ4v) is 0.990. The summed E-state index contributed by atoms with van der Waals surface area (Å²) in [5, 5.41) is 10.4. The molecule has 0 heterocycles. The third-order valence-corrected chi connectivity index (χ3v) is 1.78.